The van der Waals surface area contributed by atoms with Crippen LogP contribution in [0.25, 0.3) is 0 Å². The average molecular weight is 159 g/mol. The largest absolute Gasteiger partial charge is 0.273 e. The molecule has 0 saturated carbocycles. The summed E-state index contributed by atoms with van der Waals surface area (Å²) in [5.41, 5.74) is 2.00. The first-order chi connectivity index (χ1) is 5.86. The van der Waals surface area contributed by atoms with Crippen molar-refractivity contribution in [2.45, 2.75) is 12.8 Å². The third-order valence-corrected chi connectivity index (χ3v) is 1.94. The minimum Gasteiger partial charge on any atom is -0.273 e. The minimum absolute atomic E-state index is 0.00820. The number of carbonyl (C=O) groups excluding carboxylic acids is 1. The number of carbonyl (C=O) groups is 1. The lowest BCUT2D eigenvalue weighted by atomic mass is 10.1. The van der Waals surface area contributed by atoms with Crippen molar-refractivity contribution in [3.63, 3.8) is 0 Å². The van der Waals surface area contributed by atoms with Crippen LogP contribution in [0.3, 0.4) is 0 Å². The Morgan fingerprint density at radius 1 is 1.08 bits per heavy atom. The Bertz CT molecular complexity index is 327. The van der Waals surface area contributed by atoms with Gasteiger partial charge in [0.15, 0.2) is 0 Å². The molecular formula is C10H9NO. The van der Waals surface area contributed by atoms with Crippen LogP contribution in [0.5, 0.6) is 0 Å². The van der Waals surface area contributed by atoms with Crippen LogP contribution in [0, 0.1) is 0 Å². The predicted octanol–water partition coefficient (Wildman–Crippen LogP) is 1.80. The van der Waals surface area contributed by atoms with Crippen LogP contribution in [0.1, 0.15) is 18.4 Å². The summed E-state index contributed by atoms with van der Waals surface area (Å²) in [6.07, 6.45) is 1.37. The van der Waals surface area contributed by atoms with Crippen molar-refractivity contribution in [2.75, 3.05) is 0 Å². The predicted molar refractivity (Wildman–Crippen MR) is 47.2 cm³/mol. The van der Waals surface area contributed by atoms with Crippen LogP contribution in [-0.4, -0.2) is 11.6 Å². The van der Waals surface area contributed by atoms with Crippen molar-refractivity contribution in [1.29, 1.82) is 0 Å². The molecular weight excluding hydrogens is 150 g/mol. The zero-order valence-electron chi connectivity index (χ0n) is 6.66. The second kappa shape index (κ2) is 2.89. The van der Waals surface area contributed by atoms with Crippen molar-refractivity contribution < 1.29 is 4.79 Å². The van der Waals surface area contributed by atoms with Gasteiger partial charge in [0.05, 0.1) is 5.71 Å². The molecule has 0 N–H and O–H groups in total. The Hall–Kier alpha value is -1.44. The van der Waals surface area contributed by atoms with Crippen LogP contribution in [-0.2, 0) is 4.79 Å². The maximum Gasteiger partial charge on any atom is 0.246 e. The lowest BCUT2D eigenvalue weighted by Crippen LogP contribution is -1.94. The molecule has 1 aliphatic heterocycles. The highest BCUT2D eigenvalue weighted by molar-refractivity contribution is 6.11. The number of hydrogen-bond donors (Lipinski definition) is 0. The molecule has 0 spiro atoms. The summed E-state index contributed by atoms with van der Waals surface area (Å²) in [4.78, 5) is 14.8. The van der Waals surface area contributed by atoms with E-state index in [4.69, 9.17) is 0 Å². The van der Waals surface area contributed by atoms with Gasteiger partial charge < -0.3 is 0 Å². The number of benzene rings is 1. The molecule has 2 rings (SSSR count). The first-order valence-corrected chi connectivity index (χ1v) is 4.02. The molecule has 2 nitrogen and oxygen atoms in total. The van der Waals surface area contributed by atoms with Crippen molar-refractivity contribution in [2.24, 2.45) is 4.99 Å². The van der Waals surface area contributed by atoms with Gasteiger partial charge in [-0.05, 0) is 12.0 Å². The van der Waals surface area contributed by atoms with Crippen molar-refractivity contribution >= 4 is 11.6 Å². The van der Waals surface area contributed by atoms with Crippen molar-refractivity contribution in [3.8, 4) is 0 Å². The van der Waals surface area contributed by atoms with Crippen LogP contribution in [0.15, 0.2) is 35.3 Å². The molecule has 0 aromatic heterocycles. The van der Waals surface area contributed by atoms with E-state index in [1.54, 1.807) is 0 Å². The van der Waals surface area contributed by atoms with Crippen molar-refractivity contribution in [1.82, 2.24) is 0 Å². The molecule has 1 aromatic carbocycles. The van der Waals surface area contributed by atoms with Gasteiger partial charge in [-0.25, -0.2) is 4.99 Å². The smallest absolute Gasteiger partial charge is 0.246 e. The van der Waals surface area contributed by atoms with Gasteiger partial charge in [0.25, 0.3) is 0 Å². The normalized spacial score (nSPS) is 16.3. The molecule has 60 valence electrons. The third-order valence-electron chi connectivity index (χ3n) is 1.94. The molecule has 0 radical (unpaired) electrons. The van der Waals surface area contributed by atoms with E-state index >= 15 is 0 Å². The van der Waals surface area contributed by atoms with Gasteiger partial charge in [0.1, 0.15) is 0 Å². The average Bonchev–Trinajstić information content (AvgIpc) is 2.54. The Morgan fingerprint density at radius 2 is 1.83 bits per heavy atom. The number of rotatable bonds is 1. The molecule has 1 aromatic rings. The highest BCUT2D eigenvalue weighted by Crippen LogP contribution is 2.13. The number of hydrogen-bond acceptors (Lipinski definition) is 1. The van der Waals surface area contributed by atoms with Gasteiger partial charge in [0.2, 0.25) is 5.91 Å². The first-order valence-electron chi connectivity index (χ1n) is 4.02. The molecule has 1 amide bonds. The van der Waals surface area contributed by atoms with Crippen molar-refractivity contribution in [3.05, 3.63) is 35.9 Å². The van der Waals surface area contributed by atoms with E-state index in [0.717, 1.165) is 17.7 Å². The van der Waals surface area contributed by atoms with Crippen LogP contribution in [0.2, 0.25) is 0 Å². The molecule has 1 heterocycles. The molecule has 0 unspecified atom stereocenters. The first kappa shape index (κ1) is 7.22. The molecule has 0 fully saturated rings. The standard InChI is InChI=1S/C10H9NO/c12-10-7-6-9(11-10)8-4-2-1-3-5-8/h1-5H,6-7H2. The monoisotopic (exact) mass is 159 g/mol. The molecule has 1 aliphatic rings. The van der Waals surface area contributed by atoms with E-state index in [1.807, 2.05) is 30.3 Å². The summed E-state index contributed by atoms with van der Waals surface area (Å²) < 4.78 is 0. The highest BCUT2D eigenvalue weighted by Gasteiger charge is 2.14. The summed E-state index contributed by atoms with van der Waals surface area (Å²) in [5.74, 6) is 0.00820. The minimum atomic E-state index is 0.00820. The summed E-state index contributed by atoms with van der Waals surface area (Å²) in [6.45, 7) is 0. The number of aliphatic imine (C=N–C) groups is 1. The molecule has 2 heteroatoms. The van der Waals surface area contributed by atoms with Gasteiger partial charge in [-0.3, -0.25) is 4.79 Å². The van der Waals surface area contributed by atoms with Gasteiger partial charge in [0, 0.05) is 6.42 Å². The molecule has 0 atom stereocenters. The Balaban J connectivity index is 2.33. The fourth-order valence-electron chi connectivity index (χ4n) is 1.33. The van der Waals surface area contributed by atoms with E-state index in [9.17, 15) is 4.79 Å². The van der Waals surface area contributed by atoms with E-state index < -0.39 is 0 Å². The molecule has 0 aliphatic carbocycles. The Labute approximate surface area is 70.9 Å². The lowest BCUT2D eigenvalue weighted by Gasteiger charge is -1.96. The second-order valence-electron chi connectivity index (χ2n) is 2.82. The third kappa shape index (κ3) is 1.28. The Morgan fingerprint density at radius 3 is 2.42 bits per heavy atom. The second-order valence-corrected chi connectivity index (χ2v) is 2.82. The summed E-state index contributed by atoms with van der Waals surface area (Å²) in [7, 11) is 0. The van der Waals surface area contributed by atoms with Crippen LogP contribution < -0.4 is 0 Å². The maximum absolute atomic E-state index is 10.8. The van der Waals surface area contributed by atoms with Gasteiger partial charge >= 0.3 is 0 Å². The zero-order chi connectivity index (χ0) is 8.39. The van der Waals surface area contributed by atoms with E-state index in [1.165, 1.54) is 0 Å². The Kier molecular flexibility index (Phi) is 1.74. The maximum atomic E-state index is 10.8. The summed E-state index contributed by atoms with van der Waals surface area (Å²) >= 11 is 0. The highest BCUT2D eigenvalue weighted by atomic mass is 16.1. The van der Waals surface area contributed by atoms with E-state index in [-0.39, 0.29) is 5.91 Å². The fourth-order valence-corrected chi connectivity index (χ4v) is 1.33. The van der Waals surface area contributed by atoms with Crippen LogP contribution in [0.4, 0.5) is 0 Å². The van der Waals surface area contributed by atoms with Gasteiger partial charge in [-0.15, -0.1) is 0 Å². The summed E-state index contributed by atoms with van der Waals surface area (Å²) in [6, 6.07) is 9.84. The van der Waals surface area contributed by atoms with E-state index in [2.05, 4.69) is 4.99 Å². The molecule has 0 saturated heterocycles. The lowest BCUT2D eigenvalue weighted by molar-refractivity contribution is -0.117. The number of amides is 1. The quantitative estimate of drug-likeness (QED) is 0.614. The van der Waals surface area contributed by atoms with Gasteiger partial charge in [-0.2, -0.15) is 0 Å². The fraction of sp³-hybridized carbons (Fsp3) is 0.200. The summed E-state index contributed by atoms with van der Waals surface area (Å²) in [5, 5.41) is 0. The van der Waals surface area contributed by atoms with Crippen LogP contribution >= 0.6 is 0 Å². The molecule has 12 heavy (non-hydrogen) atoms. The zero-order valence-corrected chi connectivity index (χ0v) is 6.66. The van der Waals surface area contributed by atoms with Gasteiger partial charge in [-0.1, -0.05) is 30.3 Å². The number of nitrogens with zero attached hydrogens (tertiary/aromatic N) is 1. The molecule has 0 bridgehead atoms. The van der Waals surface area contributed by atoms with E-state index in [0.29, 0.717) is 6.42 Å². The topological polar surface area (TPSA) is 29.4 Å². The SMILES string of the molecule is O=C1CCC(c2ccccc2)=N1.